The number of aromatic nitrogens is 4. The molecule has 1 amide bonds. The first-order valence-electron chi connectivity index (χ1n) is 8.74. The van der Waals surface area contributed by atoms with E-state index < -0.39 is 21.0 Å². The Balaban J connectivity index is 1.93. The normalized spacial score (nSPS) is 11.6. The van der Waals surface area contributed by atoms with Crippen molar-refractivity contribution in [1.29, 1.82) is 0 Å². The molecule has 29 heavy (non-hydrogen) atoms. The summed E-state index contributed by atoms with van der Waals surface area (Å²) >= 11 is 0. The number of rotatable bonds is 6. The third kappa shape index (κ3) is 4.30. The first-order valence-corrected chi connectivity index (χ1v) is 10.3. The number of nitrogens with two attached hydrogens (primary N) is 1. The van der Waals surface area contributed by atoms with Gasteiger partial charge in [-0.25, -0.2) is 13.4 Å². The van der Waals surface area contributed by atoms with Crippen molar-refractivity contribution in [1.82, 2.24) is 20.2 Å². The highest BCUT2D eigenvalue weighted by atomic mass is 32.2. The minimum atomic E-state index is -3.36. The largest absolute Gasteiger partial charge is 0.401 e. The van der Waals surface area contributed by atoms with Crippen LogP contribution in [0.25, 0.3) is 22.8 Å². The molecule has 0 bridgehead atoms. The number of amides is 1. The van der Waals surface area contributed by atoms with E-state index in [1.54, 1.807) is 51.2 Å². The van der Waals surface area contributed by atoms with Gasteiger partial charge in [-0.1, -0.05) is 17.2 Å². The monoisotopic (exact) mass is 416 g/mol. The Morgan fingerprint density at radius 3 is 2.52 bits per heavy atom. The maximum atomic E-state index is 12.3. The van der Waals surface area contributed by atoms with Crippen LogP contribution in [-0.2, 0) is 14.6 Å². The zero-order valence-electron chi connectivity index (χ0n) is 16.1. The lowest BCUT2D eigenvalue weighted by atomic mass is 10.1. The maximum Gasteiger partial charge on any atom is 0.322 e. The zero-order chi connectivity index (χ0) is 21.2. The molecule has 0 aliphatic rings. The highest BCUT2D eigenvalue weighted by Crippen LogP contribution is 2.26. The fourth-order valence-corrected chi connectivity index (χ4v) is 3.48. The second-order valence-electron chi connectivity index (χ2n) is 6.47. The summed E-state index contributed by atoms with van der Waals surface area (Å²) in [5.41, 5.74) is 7.32. The Kier molecular flexibility index (Phi) is 5.71. The van der Waals surface area contributed by atoms with Crippen molar-refractivity contribution in [2.75, 3.05) is 11.9 Å². The number of aryl methyl sites for hydroxylation is 1. The van der Waals surface area contributed by atoms with Crippen LogP contribution in [0, 0.1) is 6.92 Å². The summed E-state index contributed by atoms with van der Waals surface area (Å²) in [5, 5.41) is 9.48. The number of anilines is 1. The molecule has 0 spiro atoms. The van der Waals surface area contributed by atoms with E-state index in [0.717, 1.165) is 0 Å². The van der Waals surface area contributed by atoms with Crippen LogP contribution in [0.2, 0.25) is 0 Å². The van der Waals surface area contributed by atoms with E-state index in [-0.39, 0.29) is 23.3 Å². The molecule has 11 heteroatoms. The molecule has 3 aromatic rings. The molecule has 0 saturated carbocycles. The lowest BCUT2D eigenvalue weighted by molar-refractivity contribution is -0.115. The Morgan fingerprint density at radius 2 is 1.90 bits per heavy atom. The molecular formula is C18H20N6O4S. The fraction of sp³-hybridized carbons (Fsp3) is 0.278. The molecule has 0 atom stereocenters. The SMILES string of the molecule is Cc1ncc(-c2ccc(S(=O)(=O)C(C)C)cc2)nc1-c1nnc(NC(=O)CN)o1. The number of hydrogen-bond acceptors (Lipinski definition) is 9. The quantitative estimate of drug-likeness (QED) is 0.609. The third-order valence-electron chi connectivity index (χ3n) is 4.11. The standard InChI is InChI=1S/C18H20N6O4S/c1-10(2)29(26,27)13-6-4-12(5-7-13)14-9-20-11(3)16(21-14)17-23-24-18(28-17)22-15(25)8-19/h4-7,9-10H,8,19H2,1-3H3,(H,22,24,25). The molecule has 2 aromatic heterocycles. The van der Waals surface area contributed by atoms with Crippen molar-refractivity contribution in [2.45, 2.75) is 30.9 Å². The number of sulfone groups is 1. The molecule has 2 heterocycles. The summed E-state index contributed by atoms with van der Waals surface area (Å²) in [5.74, 6) is -0.378. The minimum absolute atomic E-state index is 0.0863. The Labute approximate surface area is 167 Å². The lowest BCUT2D eigenvalue weighted by Crippen LogP contribution is -2.21. The Hall–Kier alpha value is -3.18. The van der Waals surface area contributed by atoms with E-state index in [1.165, 1.54) is 0 Å². The van der Waals surface area contributed by atoms with Crippen molar-refractivity contribution in [3.8, 4) is 22.8 Å². The fourth-order valence-electron chi connectivity index (χ4n) is 2.42. The van der Waals surface area contributed by atoms with Gasteiger partial charge >= 0.3 is 6.01 Å². The molecule has 0 fully saturated rings. The number of carbonyl (C=O) groups is 1. The number of nitrogens with zero attached hydrogens (tertiary/aromatic N) is 4. The average molecular weight is 416 g/mol. The molecule has 3 rings (SSSR count). The van der Waals surface area contributed by atoms with Crippen LogP contribution in [0.15, 0.2) is 39.8 Å². The van der Waals surface area contributed by atoms with Crippen molar-refractivity contribution < 1.29 is 17.6 Å². The van der Waals surface area contributed by atoms with Gasteiger partial charge in [0.1, 0.15) is 5.69 Å². The summed E-state index contributed by atoms with van der Waals surface area (Å²) in [4.78, 5) is 20.4. The van der Waals surface area contributed by atoms with Crippen LogP contribution in [0.5, 0.6) is 0 Å². The van der Waals surface area contributed by atoms with Crippen LogP contribution >= 0.6 is 0 Å². The van der Waals surface area contributed by atoms with Gasteiger partial charge in [-0.15, -0.1) is 5.10 Å². The van der Waals surface area contributed by atoms with Gasteiger partial charge in [0.2, 0.25) is 5.91 Å². The van der Waals surface area contributed by atoms with Gasteiger partial charge in [0.25, 0.3) is 5.89 Å². The number of nitrogens with one attached hydrogen (secondary N) is 1. The van der Waals surface area contributed by atoms with E-state index in [9.17, 15) is 13.2 Å². The highest BCUT2D eigenvalue weighted by Gasteiger charge is 2.20. The van der Waals surface area contributed by atoms with Crippen molar-refractivity contribution >= 4 is 21.8 Å². The van der Waals surface area contributed by atoms with Crippen molar-refractivity contribution in [3.63, 3.8) is 0 Å². The predicted molar refractivity (Wildman–Crippen MR) is 106 cm³/mol. The van der Waals surface area contributed by atoms with E-state index in [0.29, 0.717) is 22.6 Å². The topological polar surface area (TPSA) is 154 Å². The summed E-state index contributed by atoms with van der Waals surface area (Å²) in [6.07, 6.45) is 1.57. The van der Waals surface area contributed by atoms with Gasteiger partial charge in [-0.3, -0.25) is 15.1 Å². The van der Waals surface area contributed by atoms with Gasteiger partial charge in [0.05, 0.1) is 34.3 Å². The van der Waals surface area contributed by atoms with Crippen LogP contribution < -0.4 is 11.1 Å². The van der Waals surface area contributed by atoms with Crippen LogP contribution in [-0.4, -0.2) is 46.3 Å². The predicted octanol–water partition coefficient (Wildman–Crippen LogP) is 1.58. The third-order valence-corrected chi connectivity index (χ3v) is 6.28. The van der Waals surface area contributed by atoms with Crippen molar-refractivity contribution in [3.05, 3.63) is 36.2 Å². The number of carbonyl (C=O) groups excluding carboxylic acids is 1. The van der Waals surface area contributed by atoms with Crippen LogP contribution in [0.4, 0.5) is 6.01 Å². The van der Waals surface area contributed by atoms with Gasteiger partial charge < -0.3 is 10.2 Å². The zero-order valence-corrected chi connectivity index (χ0v) is 16.9. The number of hydrogen-bond donors (Lipinski definition) is 2. The average Bonchev–Trinajstić information content (AvgIpc) is 3.16. The second-order valence-corrected chi connectivity index (χ2v) is 8.98. The molecule has 0 unspecified atom stereocenters. The molecule has 152 valence electrons. The van der Waals surface area contributed by atoms with E-state index in [2.05, 4.69) is 25.5 Å². The second kappa shape index (κ2) is 8.05. The molecule has 10 nitrogen and oxygen atoms in total. The van der Waals surface area contributed by atoms with Crippen LogP contribution in [0.1, 0.15) is 19.5 Å². The molecule has 0 aliphatic heterocycles. The number of benzene rings is 1. The Bertz CT molecular complexity index is 1140. The van der Waals surface area contributed by atoms with E-state index in [4.69, 9.17) is 10.2 Å². The lowest BCUT2D eigenvalue weighted by Gasteiger charge is -2.09. The smallest absolute Gasteiger partial charge is 0.322 e. The van der Waals surface area contributed by atoms with Crippen LogP contribution in [0.3, 0.4) is 0 Å². The summed E-state index contributed by atoms with van der Waals surface area (Å²) in [6.45, 7) is 4.78. The van der Waals surface area contributed by atoms with Crippen molar-refractivity contribution in [2.24, 2.45) is 5.73 Å². The minimum Gasteiger partial charge on any atom is -0.401 e. The van der Waals surface area contributed by atoms with Gasteiger partial charge in [-0.05, 0) is 32.9 Å². The van der Waals surface area contributed by atoms with E-state index >= 15 is 0 Å². The van der Waals surface area contributed by atoms with Gasteiger partial charge in [-0.2, -0.15) is 0 Å². The summed E-state index contributed by atoms with van der Waals surface area (Å²) < 4.78 is 30.0. The summed E-state index contributed by atoms with van der Waals surface area (Å²) in [6, 6.07) is 6.32. The van der Waals surface area contributed by atoms with Gasteiger partial charge in [0, 0.05) is 5.56 Å². The Morgan fingerprint density at radius 1 is 1.21 bits per heavy atom. The first kappa shape index (κ1) is 20.6. The highest BCUT2D eigenvalue weighted by molar-refractivity contribution is 7.92. The molecule has 1 aromatic carbocycles. The first-order chi connectivity index (χ1) is 13.7. The molecule has 0 aliphatic carbocycles. The van der Waals surface area contributed by atoms with E-state index in [1.807, 2.05) is 0 Å². The van der Waals surface area contributed by atoms with Gasteiger partial charge in [0.15, 0.2) is 9.84 Å². The molecule has 0 saturated heterocycles. The molecule has 0 radical (unpaired) electrons. The maximum absolute atomic E-state index is 12.3. The molecular weight excluding hydrogens is 396 g/mol. The summed E-state index contributed by atoms with van der Waals surface area (Å²) in [7, 11) is -3.36. The molecule has 3 N–H and O–H groups in total.